The summed E-state index contributed by atoms with van der Waals surface area (Å²) in [4.78, 5) is 3.91. The van der Waals surface area contributed by atoms with Crippen molar-refractivity contribution in [2.45, 2.75) is 12.5 Å². The second-order valence-corrected chi connectivity index (χ2v) is 3.43. The van der Waals surface area contributed by atoms with Crippen molar-refractivity contribution in [1.82, 2.24) is 4.98 Å². The Balaban J connectivity index is 2.26. The summed E-state index contributed by atoms with van der Waals surface area (Å²) in [6.45, 7) is -2.85. The van der Waals surface area contributed by atoms with E-state index in [0.29, 0.717) is 17.2 Å². The van der Waals surface area contributed by atoms with Gasteiger partial charge in [-0.1, -0.05) is 12.1 Å². The van der Waals surface area contributed by atoms with E-state index in [-0.39, 0.29) is 11.6 Å². The number of benzene rings is 1. The van der Waals surface area contributed by atoms with E-state index in [2.05, 4.69) is 9.72 Å². The molecule has 1 heterocycles. The summed E-state index contributed by atoms with van der Waals surface area (Å²) in [6.07, 6.45) is 1.49. The maximum atomic E-state index is 12.0. The largest absolute Gasteiger partial charge is 0.439 e. The fraction of sp³-hybridized carbons (Fsp3) is 0.182. The first kappa shape index (κ1) is 11.9. The lowest BCUT2D eigenvalue weighted by molar-refractivity contribution is -0.0498. The number of ether oxygens (including phenoxy) is 1. The maximum Gasteiger partial charge on any atom is 0.387 e. The molecule has 2 aromatic rings. The monoisotopic (exact) mass is 259 g/mol. The van der Waals surface area contributed by atoms with Gasteiger partial charge in [0.25, 0.3) is 0 Å². The highest BCUT2D eigenvalue weighted by Gasteiger charge is 2.08. The maximum absolute atomic E-state index is 12.0. The van der Waals surface area contributed by atoms with Crippen LogP contribution in [0.5, 0.6) is 5.75 Å². The van der Waals surface area contributed by atoms with E-state index >= 15 is 0 Å². The molecule has 0 saturated heterocycles. The SMILES string of the molecule is FC(F)Oc1cccc(-c2cnc(CCl)o2)c1. The number of aromatic nitrogens is 1. The summed E-state index contributed by atoms with van der Waals surface area (Å²) >= 11 is 5.55. The van der Waals surface area contributed by atoms with Gasteiger partial charge in [-0.15, -0.1) is 11.6 Å². The van der Waals surface area contributed by atoms with Crippen molar-refractivity contribution in [3.63, 3.8) is 0 Å². The van der Waals surface area contributed by atoms with Crippen molar-refractivity contribution in [2.75, 3.05) is 0 Å². The lowest BCUT2D eigenvalue weighted by Gasteiger charge is -2.04. The minimum Gasteiger partial charge on any atom is -0.439 e. The molecule has 0 unspecified atom stereocenters. The lowest BCUT2D eigenvalue weighted by atomic mass is 10.2. The first-order valence-corrected chi connectivity index (χ1v) is 5.28. The minimum atomic E-state index is -2.85. The van der Waals surface area contributed by atoms with Crippen LogP contribution in [-0.4, -0.2) is 11.6 Å². The van der Waals surface area contributed by atoms with Crippen molar-refractivity contribution in [3.05, 3.63) is 36.4 Å². The number of alkyl halides is 3. The predicted octanol–water partition coefficient (Wildman–Crippen LogP) is 3.68. The zero-order valence-electron chi connectivity index (χ0n) is 8.57. The van der Waals surface area contributed by atoms with Gasteiger partial charge in [0.1, 0.15) is 5.75 Å². The Hall–Kier alpha value is -1.62. The number of hydrogen-bond acceptors (Lipinski definition) is 3. The van der Waals surface area contributed by atoms with E-state index in [4.69, 9.17) is 16.0 Å². The summed E-state index contributed by atoms with van der Waals surface area (Å²) in [6, 6.07) is 6.19. The number of oxazole rings is 1. The van der Waals surface area contributed by atoms with Gasteiger partial charge >= 0.3 is 6.61 Å². The number of rotatable bonds is 4. The zero-order valence-corrected chi connectivity index (χ0v) is 9.32. The highest BCUT2D eigenvalue weighted by molar-refractivity contribution is 6.16. The molecule has 3 nitrogen and oxygen atoms in total. The first-order valence-electron chi connectivity index (χ1n) is 4.75. The average molecular weight is 260 g/mol. The van der Waals surface area contributed by atoms with Crippen molar-refractivity contribution in [1.29, 1.82) is 0 Å². The summed E-state index contributed by atoms with van der Waals surface area (Å²) in [5.41, 5.74) is 0.604. The lowest BCUT2D eigenvalue weighted by Crippen LogP contribution is -2.01. The fourth-order valence-corrected chi connectivity index (χ4v) is 1.45. The molecule has 0 bridgehead atoms. The summed E-state index contributed by atoms with van der Waals surface area (Å²) < 4.78 is 33.7. The standard InChI is InChI=1S/C11H8ClF2NO2/c12-5-10-15-6-9(17-10)7-2-1-3-8(4-7)16-11(13)14/h1-4,6,11H,5H2. The Labute approximate surface area is 101 Å². The van der Waals surface area contributed by atoms with Crippen LogP contribution in [0.3, 0.4) is 0 Å². The smallest absolute Gasteiger partial charge is 0.387 e. The molecule has 1 aromatic carbocycles. The van der Waals surface area contributed by atoms with Crippen LogP contribution < -0.4 is 4.74 Å². The first-order chi connectivity index (χ1) is 8.19. The van der Waals surface area contributed by atoms with Gasteiger partial charge in [-0.3, -0.25) is 0 Å². The molecule has 1 aromatic heterocycles. The van der Waals surface area contributed by atoms with Crippen LogP contribution in [0.4, 0.5) is 8.78 Å². The Morgan fingerprint density at radius 2 is 2.24 bits per heavy atom. The number of halogens is 3. The van der Waals surface area contributed by atoms with Gasteiger partial charge in [-0.05, 0) is 12.1 Å². The van der Waals surface area contributed by atoms with Gasteiger partial charge in [0.2, 0.25) is 5.89 Å². The van der Waals surface area contributed by atoms with Crippen LogP contribution in [0.1, 0.15) is 5.89 Å². The molecule has 0 spiro atoms. The molecule has 0 aliphatic heterocycles. The molecule has 0 aliphatic carbocycles. The second-order valence-electron chi connectivity index (χ2n) is 3.16. The molecule has 0 saturated carbocycles. The van der Waals surface area contributed by atoms with Crippen LogP contribution in [-0.2, 0) is 5.88 Å². The Morgan fingerprint density at radius 3 is 2.88 bits per heavy atom. The van der Waals surface area contributed by atoms with E-state index in [1.807, 2.05) is 0 Å². The highest BCUT2D eigenvalue weighted by atomic mass is 35.5. The molecule has 0 amide bonds. The van der Waals surface area contributed by atoms with Gasteiger partial charge in [0.15, 0.2) is 5.76 Å². The van der Waals surface area contributed by atoms with E-state index < -0.39 is 6.61 Å². The molecule has 0 atom stereocenters. The van der Waals surface area contributed by atoms with Gasteiger partial charge in [0, 0.05) is 5.56 Å². The third-order valence-corrected chi connectivity index (χ3v) is 2.24. The Bertz CT molecular complexity index is 502. The fourth-order valence-electron chi connectivity index (χ4n) is 1.33. The molecule has 17 heavy (non-hydrogen) atoms. The van der Waals surface area contributed by atoms with Crippen molar-refractivity contribution < 1.29 is 17.9 Å². The molecule has 0 fully saturated rings. The van der Waals surface area contributed by atoms with Crippen molar-refractivity contribution >= 4 is 11.6 Å². The van der Waals surface area contributed by atoms with E-state index in [1.165, 1.54) is 18.3 Å². The van der Waals surface area contributed by atoms with Crippen molar-refractivity contribution in [3.8, 4) is 17.1 Å². The number of nitrogens with zero attached hydrogens (tertiary/aromatic N) is 1. The molecular formula is C11H8ClF2NO2. The van der Waals surface area contributed by atoms with Gasteiger partial charge in [0.05, 0.1) is 12.1 Å². The molecule has 6 heteroatoms. The highest BCUT2D eigenvalue weighted by Crippen LogP contribution is 2.25. The van der Waals surface area contributed by atoms with E-state index in [1.54, 1.807) is 12.1 Å². The van der Waals surface area contributed by atoms with E-state index in [0.717, 1.165) is 0 Å². The summed E-state index contributed by atoms with van der Waals surface area (Å²) in [7, 11) is 0. The van der Waals surface area contributed by atoms with Gasteiger partial charge in [-0.25, -0.2) is 4.98 Å². The molecule has 0 radical (unpaired) electrons. The van der Waals surface area contributed by atoms with Gasteiger partial charge in [-0.2, -0.15) is 8.78 Å². The van der Waals surface area contributed by atoms with Crippen LogP contribution in [0.25, 0.3) is 11.3 Å². The molecule has 90 valence electrons. The van der Waals surface area contributed by atoms with Crippen LogP contribution in [0.2, 0.25) is 0 Å². The minimum absolute atomic E-state index is 0.0707. The zero-order chi connectivity index (χ0) is 12.3. The quantitative estimate of drug-likeness (QED) is 0.786. The van der Waals surface area contributed by atoms with Crippen molar-refractivity contribution in [2.24, 2.45) is 0 Å². The predicted molar refractivity (Wildman–Crippen MR) is 58.1 cm³/mol. The van der Waals surface area contributed by atoms with Crippen LogP contribution in [0.15, 0.2) is 34.9 Å². The van der Waals surface area contributed by atoms with Crippen LogP contribution >= 0.6 is 11.6 Å². The number of hydrogen-bond donors (Lipinski definition) is 0. The Morgan fingerprint density at radius 1 is 1.41 bits per heavy atom. The third kappa shape index (κ3) is 2.94. The average Bonchev–Trinajstić information content (AvgIpc) is 2.77. The molecule has 0 aliphatic rings. The Kier molecular flexibility index (Phi) is 3.58. The third-order valence-electron chi connectivity index (χ3n) is 2.01. The summed E-state index contributed by atoms with van der Waals surface area (Å²) in [5.74, 6) is 1.07. The van der Waals surface area contributed by atoms with E-state index in [9.17, 15) is 8.78 Å². The molecular weight excluding hydrogens is 252 g/mol. The second kappa shape index (κ2) is 5.14. The topological polar surface area (TPSA) is 35.3 Å². The summed E-state index contributed by atoms with van der Waals surface area (Å²) in [5, 5.41) is 0. The molecule has 0 N–H and O–H groups in total. The van der Waals surface area contributed by atoms with Gasteiger partial charge < -0.3 is 9.15 Å². The molecule has 2 rings (SSSR count). The van der Waals surface area contributed by atoms with Crippen LogP contribution in [0, 0.1) is 0 Å². The normalized spacial score (nSPS) is 10.8.